The van der Waals surface area contributed by atoms with Crippen molar-refractivity contribution >= 4 is 33.8 Å². The molecule has 13 heteroatoms. The number of sulfonamides is 1. The Labute approximate surface area is 196 Å². The maximum absolute atomic E-state index is 12.5. The normalized spacial score (nSPS) is 11.0. The summed E-state index contributed by atoms with van der Waals surface area (Å²) in [6, 6.07) is 7.76. The van der Waals surface area contributed by atoms with Crippen LogP contribution in [0.5, 0.6) is 0 Å². The lowest BCUT2D eigenvalue weighted by Crippen LogP contribution is -2.41. The molecule has 1 aromatic carbocycles. The van der Waals surface area contributed by atoms with Gasteiger partial charge in [-0.3, -0.25) is 19.7 Å². The first-order valence-electron chi connectivity index (χ1n) is 10.3. The Bertz CT molecular complexity index is 1090. The number of rotatable bonds is 11. The van der Waals surface area contributed by atoms with Gasteiger partial charge in [-0.15, -0.1) is 0 Å². The number of hydrogen-bond donors (Lipinski definition) is 3. The highest BCUT2D eigenvalue weighted by Crippen LogP contribution is 2.16. The first-order chi connectivity index (χ1) is 16.2. The second-order valence-corrected chi connectivity index (χ2v) is 8.71. The van der Waals surface area contributed by atoms with E-state index in [1.165, 1.54) is 34.8 Å². The molecule has 0 aliphatic rings. The number of carbonyl (C=O) groups excluding carboxylic acids is 4. The molecule has 2 aromatic rings. The maximum atomic E-state index is 12.5. The van der Waals surface area contributed by atoms with Crippen LogP contribution in [0.1, 0.15) is 30.0 Å². The smallest absolute Gasteiger partial charge is 0.325 e. The van der Waals surface area contributed by atoms with E-state index in [0.717, 1.165) is 0 Å². The maximum Gasteiger partial charge on any atom is 0.325 e. The number of carbonyl (C=O) groups is 4. The van der Waals surface area contributed by atoms with Gasteiger partial charge in [0.25, 0.3) is 11.8 Å². The third-order valence-electron chi connectivity index (χ3n) is 4.47. The van der Waals surface area contributed by atoms with Crippen molar-refractivity contribution in [2.75, 3.05) is 26.2 Å². The number of amides is 4. The van der Waals surface area contributed by atoms with Crippen molar-refractivity contribution in [3.8, 4) is 0 Å². The fourth-order valence-electron chi connectivity index (χ4n) is 2.73. The number of nitrogens with one attached hydrogen (secondary N) is 3. The molecule has 12 nitrogen and oxygen atoms in total. The predicted molar refractivity (Wildman–Crippen MR) is 119 cm³/mol. The summed E-state index contributed by atoms with van der Waals surface area (Å²) in [5.74, 6) is -1.91. The van der Waals surface area contributed by atoms with E-state index < -0.39 is 47.0 Å². The third-order valence-corrected chi connectivity index (χ3v) is 6.54. The molecule has 4 amide bonds. The highest BCUT2D eigenvalue weighted by atomic mass is 32.2. The Morgan fingerprint density at radius 2 is 1.68 bits per heavy atom. The van der Waals surface area contributed by atoms with Gasteiger partial charge in [-0.1, -0.05) is 13.8 Å². The lowest BCUT2D eigenvalue weighted by molar-refractivity contribution is -0.147. The number of furan rings is 1. The number of ether oxygens (including phenoxy) is 1. The molecule has 0 saturated carbocycles. The number of nitrogens with zero attached hydrogens (tertiary/aromatic N) is 1. The van der Waals surface area contributed by atoms with E-state index in [1.54, 1.807) is 26.0 Å². The lowest BCUT2D eigenvalue weighted by atomic mass is 10.2. The van der Waals surface area contributed by atoms with E-state index in [-0.39, 0.29) is 17.0 Å². The highest BCUT2D eigenvalue weighted by molar-refractivity contribution is 7.89. The van der Waals surface area contributed by atoms with Crippen LogP contribution in [-0.2, 0) is 30.9 Å². The Morgan fingerprint density at radius 1 is 1.00 bits per heavy atom. The van der Waals surface area contributed by atoms with Gasteiger partial charge < -0.3 is 19.8 Å². The molecule has 0 aliphatic heterocycles. The zero-order valence-electron chi connectivity index (χ0n) is 18.7. The second-order valence-electron chi connectivity index (χ2n) is 6.77. The summed E-state index contributed by atoms with van der Waals surface area (Å²) in [4.78, 5) is 47.3. The Hall–Kier alpha value is -3.71. The van der Waals surface area contributed by atoms with Crippen molar-refractivity contribution in [2.24, 2.45) is 0 Å². The predicted octanol–water partition coefficient (Wildman–Crippen LogP) is 0.609. The van der Waals surface area contributed by atoms with Gasteiger partial charge >= 0.3 is 12.0 Å². The molecule has 0 unspecified atom stereocenters. The van der Waals surface area contributed by atoms with Gasteiger partial charge in [-0.25, -0.2) is 13.2 Å². The van der Waals surface area contributed by atoms with Crippen molar-refractivity contribution in [1.29, 1.82) is 0 Å². The SMILES string of the molecule is CCN(CC)S(=O)(=O)c1ccc(C(=O)NCC(=O)OCC(=O)NC(=O)NCc2ccco2)cc1. The molecule has 0 fully saturated rings. The molecule has 0 aliphatic carbocycles. The average Bonchev–Trinajstić information content (AvgIpc) is 3.34. The molecule has 0 bridgehead atoms. The molecule has 0 radical (unpaired) electrons. The minimum absolute atomic E-state index is 0.0476. The van der Waals surface area contributed by atoms with Crippen molar-refractivity contribution in [3.63, 3.8) is 0 Å². The zero-order valence-corrected chi connectivity index (χ0v) is 19.5. The topological polar surface area (TPSA) is 164 Å². The molecule has 0 spiro atoms. The van der Waals surface area contributed by atoms with Crippen LogP contribution in [0.15, 0.2) is 52.0 Å². The van der Waals surface area contributed by atoms with Crippen LogP contribution < -0.4 is 16.0 Å². The molecule has 1 heterocycles. The van der Waals surface area contributed by atoms with Crippen molar-refractivity contribution < 1.29 is 36.7 Å². The summed E-state index contributed by atoms with van der Waals surface area (Å²) < 4.78 is 36.0. The van der Waals surface area contributed by atoms with E-state index in [0.29, 0.717) is 18.8 Å². The minimum atomic E-state index is -3.65. The van der Waals surface area contributed by atoms with Crippen LogP contribution in [-0.4, -0.2) is 62.8 Å². The molecule has 184 valence electrons. The first-order valence-corrected chi connectivity index (χ1v) is 11.8. The minimum Gasteiger partial charge on any atom is -0.467 e. The van der Waals surface area contributed by atoms with Crippen LogP contribution >= 0.6 is 0 Å². The van der Waals surface area contributed by atoms with E-state index in [4.69, 9.17) is 9.15 Å². The summed E-state index contributed by atoms with van der Waals surface area (Å²) in [7, 11) is -3.65. The Morgan fingerprint density at radius 3 is 2.26 bits per heavy atom. The van der Waals surface area contributed by atoms with Crippen LogP contribution in [0.2, 0.25) is 0 Å². The summed E-state index contributed by atoms with van der Waals surface area (Å²) in [6.07, 6.45) is 1.44. The van der Waals surface area contributed by atoms with E-state index >= 15 is 0 Å². The van der Waals surface area contributed by atoms with E-state index in [2.05, 4.69) is 10.6 Å². The quantitative estimate of drug-likeness (QED) is 0.382. The fourth-order valence-corrected chi connectivity index (χ4v) is 4.19. The van der Waals surface area contributed by atoms with Crippen molar-refractivity contribution in [1.82, 2.24) is 20.3 Å². The van der Waals surface area contributed by atoms with Crippen molar-refractivity contribution in [2.45, 2.75) is 25.3 Å². The van der Waals surface area contributed by atoms with E-state index in [1.807, 2.05) is 5.32 Å². The number of esters is 1. The number of imide groups is 1. The van der Waals surface area contributed by atoms with Crippen LogP contribution in [0, 0.1) is 0 Å². The molecule has 34 heavy (non-hydrogen) atoms. The Balaban J connectivity index is 1.74. The molecular formula is C21H26N4O8S. The molecule has 3 N–H and O–H groups in total. The van der Waals surface area contributed by atoms with Gasteiger partial charge in [0.2, 0.25) is 10.0 Å². The molecule has 0 saturated heterocycles. The summed E-state index contributed by atoms with van der Waals surface area (Å²) in [5, 5.41) is 6.67. The van der Waals surface area contributed by atoms with Crippen LogP contribution in [0.4, 0.5) is 4.79 Å². The van der Waals surface area contributed by atoms with Crippen LogP contribution in [0.25, 0.3) is 0 Å². The molecule has 2 rings (SSSR count). The highest BCUT2D eigenvalue weighted by Gasteiger charge is 2.21. The summed E-state index contributed by atoms with van der Waals surface area (Å²) in [6.45, 7) is 2.90. The lowest BCUT2D eigenvalue weighted by Gasteiger charge is -2.18. The largest absolute Gasteiger partial charge is 0.467 e. The van der Waals surface area contributed by atoms with Gasteiger partial charge in [-0.05, 0) is 36.4 Å². The number of urea groups is 1. The van der Waals surface area contributed by atoms with E-state index in [9.17, 15) is 27.6 Å². The van der Waals surface area contributed by atoms with Gasteiger partial charge in [0.05, 0.1) is 17.7 Å². The fraction of sp³-hybridized carbons (Fsp3) is 0.333. The zero-order chi connectivity index (χ0) is 25.1. The molecule has 0 atom stereocenters. The summed E-state index contributed by atoms with van der Waals surface area (Å²) in [5.41, 5.74) is 0.136. The monoisotopic (exact) mass is 494 g/mol. The van der Waals surface area contributed by atoms with Gasteiger partial charge in [0.1, 0.15) is 12.3 Å². The van der Waals surface area contributed by atoms with Gasteiger partial charge in [0, 0.05) is 18.7 Å². The molecular weight excluding hydrogens is 468 g/mol. The standard InChI is InChI=1S/C21H26N4O8S/c1-3-25(4-2)34(30,31)17-9-7-15(8-10-17)20(28)22-13-19(27)33-14-18(26)24-21(29)23-12-16-6-5-11-32-16/h5-11H,3-4,12-14H2,1-2H3,(H,22,28)(H2,23,24,26,29). The summed E-state index contributed by atoms with van der Waals surface area (Å²) >= 11 is 0. The number of hydrogen-bond acceptors (Lipinski definition) is 8. The first kappa shape index (κ1) is 26.5. The third kappa shape index (κ3) is 7.71. The second kappa shape index (κ2) is 12.5. The Kier molecular flexibility index (Phi) is 9.76. The van der Waals surface area contributed by atoms with Gasteiger partial charge in [0.15, 0.2) is 6.61 Å². The average molecular weight is 495 g/mol. The number of benzene rings is 1. The van der Waals surface area contributed by atoms with Crippen molar-refractivity contribution in [3.05, 3.63) is 54.0 Å². The molecule has 1 aromatic heterocycles. The van der Waals surface area contributed by atoms with Crippen LogP contribution in [0.3, 0.4) is 0 Å². The van der Waals surface area contributed by atoms with Gasteiger partial charge in [-0.2, -0.15) is 4.31 Å².